The van der Waals surface area contributed by atoms with Crippen molar-refractivity contribution in [1.82, 2.24) is 15.0 Å². The van der Waals surface area contributed by atoms with Gasteiger partial charge < -0.3 is 0 Å². The Morgan fingerprint density at radius 2 is 2.00 bits per heavy atom. The Hall–Kier alpha value is -1.35. The minimum atomic E-state index is 0.373. The Kier molecular flexibility index (Phi) is 4.02. The first-order chi connectivity index (χ1) is 8.63. The van der Waals surface area contributed by atoms with E-state index in [9.17, 15) is 0 Å². The number of benzene rings is 1. The second kappa shape index (κ2) is 5.53. The van der Waals surface area contributed by atoms with Crippen molar-refractivity contribution in [3.63, 3.8) is 0 Å². The van der Waals surface area contributed by atoms with E-state index in [4.69, 9.17) is 11.6 Å². The highest BCUT2D eigenvalue weighted by molar-refractivity contribution is 6.16. The van der Waals surface area contributed by atoms with Crippen LogP contribution in [-0.4, -0.2) is 15.0 Å². The molecule has 96 valence electrons. The third kappa shape index (κ3) is 2.56. The van der Waals surface area contributed by atoms with E-state index in [0.29, 0.717) is 11.8 Å². The fraction of sp³-hybridized carbons (Fsp3) is 0.429. The smallest absolute Gasteiger partial charge is 0.101 e. The van der Waals surface area contributed by atoms with Crippen LogP contribution in [-0.2, 0) is 12.4 Å². The lowest BCUT2D eigenvalue weighted by atomic mass is 10.1. The van der Waals surface area contributed by atoms with Crippen molar-refractivity contribution in [3.8, 4) is 0 Å². The van der Waals surface area contributed by atoms with Crippen LogP contribution in [0.4, 0.5) is 0 Å². The molecule has 0 aliphatic carbocycles. The van der Waals surface area contributed by atoms with Gasteiger partial charge in [-0.3, -0.25) is 0 Å². The third-order valence-corrected chi connectivity index (χ3v) is 3.36. The van der Waals surface area contributed by atoms with Crippen LogP contribution in [0.25, 0.3) is 0 Å². The number of hydrogen-bond acceptors (Lipinski definition) is 2. The van der Waals surface area contributed by atoms with Crippen LogP contribution in [0.1, 0.15) is 42.3 Å². The minimum absolute atomic E-state index is 0.373. The van der Waals surface area contributed by atoms with E-state index < -0.39 is 0 Å². The highest BCUT2D eigenvalue weighted by Crippen LogP contribution is 2.20. The van der Waals surface area contributed by atoms with E-state index >= 15 is 0 Å². The van der Waals surface area contributed by atoms with Gasteiger partial charge >= 0.3 is 0 Å². The number of aromatic nitrogens is 3. The molecule has 3 nitrogen and oxygen atoms in total. The van der Waals surface area contributed by atoms with Crippen LogP contribution in [0.5, 0.6) is 0 Å². The van der Waals surface area contributed by atoms with Gasteiger partial charge in [-0.05, 0) is 24.0 Å². The Labute approximate surface area is 113 Å². The first-order valence-corrected chi connectivity index (χ1v) is 6.69. The zero-order chi connectivity index (χ0) is 13.1. The van der Waals surface area contributed by atoms with Crippen molar-refractivity contribution in [1.29, 1.82) is 0 Å². The number of halogens is 1. The number of nitrogens with zero attached hydrogens (tertiary/aromatic N) is 3. The van der Waals surface area contributed by atoms with Gasteiger partial charge in [0, 0.05) is 0 Å². The lowest BCUT2D eigenvalue weighted by Gasteiger charge is -2.11. The average molecular weight is 264 g/mol. The molecule has 1 aromatic carbocycles. The van der Waals surface area contributed by atoms with E-state index in [1.165, 1.54) is 11.1 Å². The molecule has 0 amide bonds. The topological polar surface area (TPSA) is 30.7 Å². The molecule has 0 aliphatic heterocycles. The van der Waals surface area contributed by atoms with Crippen LogP contribution < -0.4 is 0 Å². The summed E-state index contributed by atoms with van der Waals surface area (Å²) < 4.78 is 1.96. The molecular weight excluding hydrogens is 246 g/mol. The standard InChI is InChI=1S/C14H18ClN3/c1-10(2)14-13(8-15)16-17-18(14)9-12-7-5-4-6-11(12)3/h4-7,10H,8-9H2,1-3H3. The molecule has 1 aromatic heterocycles. The summed E-state index contributed by atoms with van der Waals surface area (Å²) >= 11 is 5.91. The SMILES string of the molecule is Cc1ccccc1Cn1nnc(CCl)c1C(C)C. The maximum Gasteiger partial charge on any atom is 0.101 e. The van der Waals surface area contributed by atoms with E-state index in [1.807, 2.05) is 10.7 Å². The molecule has 18 heavy (non-hydrogen) atoms. The summed E-state index contributed by atoms with van der Waals surface area (Å²) in [5, 5.41) is 8.39. The highest BCUT2D eigenvalue weighted by Gasteiger charge is 2.15. The lowest BCUT2D eigenvalue weighted by molar-refractivity contribution is 0.596. The van der Waals surface area contributed by atoms with Crippen LogP contribution in [0.2, 0.25) is 0 Å². The van der Waals surface area contributed by atoms with Crippen molar-refractivity contribution in [2.45, 2.75) is 39.1 Å². The van der Waals surface area contributed by atoms with Gasteiger partial charge in [0.15, 0.2) is 0 Å². The summed E-state index contributed by atoms with van der Waals surface area (Å²) in [6.45, 7) is 7.15. The molecule has 0 radical (unpaired) electrons. The van der Waals surface area contributed by atoms with Crippen molar-refractivity contribution in [2.75, 3.05) is 0 Å². The first-order valence-electron chi connectivity index (χ1n) is 6.16. The number of rotatable bonds is 4. The number of alkyl halides is 1. The molecule has 0 spiro atoms. The van der Waals surface area contributed by atoms with Crippen molar-refractivity contribution < 1.29 is 0 Å². The summed E-state index contributed by atoms with van der Waals surface area (Å²) in [4.78, 5) is 0. The van der Waals surface area contributed by atoms with Crippen molar-refractivity contribution in [3.05, 3.63) is 46.8 Å². The fourth-order valence-electron chi connectivity index (χ4n) is 2.15. The zero-order valence-electron chi connectivity index (χ0n) is 11.0. The van der Waals surface area contributed by atoms with Crippen LogP contribution in [0.15, 0.2) is 24.3 Å². The summed E-state index contributed by atoms with van der Waals surface area (Å²) in [5.74, 6) is 0.791. The van der Waals surface area contributed by atoms with Gasteiger partial charge in [-0.1, -0.05) is 43.3 Å². The Bertz CT molecular complexity index is 532. The van der Waals surface area contributed by atoms with E-state index in [2.05, 4.69) is 49.3 Å². The van der Waals surface area contributed by atoms with Gasteiger partial charge in [-0.2, -0.15) is 0 Å². The average Bonchev–Trinajstić information content (AvgIpc) is 2.75. The van der Waals surface area contributed by atoms with Crippen LogP contribution in [0, 0.1) is 6.92 Å². The number of hydrogen-bond donors (Lipinski definition) is 0. The molecular formula is C14H18ClN3. The summed E-state index contributed by atoms with van der Waals surface area (Å²) in [5.41, 5.74) is 4.56. The van der Waals surface area contributed by atoms with Gasteiger partial charge in [0.1, 0.15) is 5.69 Å². The molecule has 2 rings (SSSR count). The van der Waals surface area contributed by atoms with Gasteiger partial charge in [0.2, 0.25) is 0 Å². The van der Waals surface area contributed by atoms with Gasteiger partial charge in [-0.25, -0.2) is 4.68 Å². The van der Waals surface area contributed by atoms with E-state index in [0.717, 1.165) is 17.9 Å². The van der Waals surface area contributed by atoms with Crippen molar-refractivity contribution in [2.24, 2.45) is 0 Å². The van der Waals surface area contributed by atoms with Gasteiger partial charge in [0.25, 0.3) is 0 Å². The summed E-state index contributed by atoms with van der Waals surface area (Å²) in [6, 6.07) is 8.34. The maximum absolute atomic E-state index is 5.91. The molecule has 1 heterocycles. The fourth-order valence-corrected chi connectivity index (χ4v) is 2.34. The first kappa shape index (κ1) is 13.1. The second-order valence-electron chi connectivity index (χ2n) is 4.79. The largest absolute Gasteiger partial charge is 0.244 e. The second-order valence-corrected chi connectivity index (χ2v) is 5.06. The van der Waals surface area contributed by atoms with E-state index in [-0.39, 0.29) is 0 Å². The quantitative estimate of drug-likeness (QED) is 0.791. The van der Waals surface area contributed by atoms with Crippen molar-refractivity contribution >= 4 is 11.6 Å². The molecule has 2 aromatic rings. The van der Waals surface area contributed by atoms with Gasteiger partial charge in [-0.15, -0.1) is 16.7 Å². The Balaban J connectivity index is 2.35. The highest BCUT2D eigenvalue weighted by atomic mass is 35.5. The molecule has 0 atom stereocenters. The predicted octanol–water partition coefficient (Wildman–Crippen LogP) is 3.50. The summed E-state index contributed by atoms with van der Waals surface area (Å²) in [6.07, 6.45) is 0. The zero-order valence-corrected chi connectivity index (χ0v) is 11.8. The Morgan fingerprint density at radius 3 is 2.61 bits per heavy atom. The van der Waals surface area contributed by atoms with Crippen LogP contribution in [0.3, 0.4) is 0 Å². The molecule has 0 bridgehead atoms. The lowest BCUT2D eigenvalue weighted by Crippen LogP contribution is -2.09. The van der Waals surface area contributed by atoms with Crippen LogP contribution >= 0.6 is 11.6 Å². The monoisotopic (exact) mass is 263 g/mol. The van der Waals surface area contributed by atoms with E-state index in [1.54, 1.807) is 0 Å². The predicted molar refractivity (Wildman–Crippen MR) is 73.9 cm³/mol. The normalized spacial score (nSPS) is 11.2. The molecule has 0 aliphatic rings. The Morgan fingerprint density at radius 1 is 1.28 bits per heavy atom. The minimum Gasteiger partial charge on any atom is -0.244 e. The molecule has 0 saturated heterocycles. The third-order valence-electron chi connectivity index (χ3n) is 3.10. The molecule has 0 saturated carbocycles. The number of aryl methyl sites for hydroxylation is 1. The maximum atomic E-state index is 5.91. The molecule has 4 heteroatoms. The van der Waals surface area contributed by atoms with Gasteiger partial charge in [0.05, 0.1) is 18.1 Å². The summed E-state index contributed by atoms with van der Waals surface area (Å²) in [7, 11) is 0. The molecule has 0 fully saturated rings. The molecule has 0 unspecified atom stereocenters. The molecule has 0 N–H and O–H groups in total.